The summed E-state index contributed by atoms with van der Waals surface area (Å²) in [5, 5.41) is 3.54. The number of aromatic nitrogens is 3. The molecule has 4 aromatic rings. The number of alkyl halides is 2. The minimum atomic E-state index is -3.84. The maximum absolute atomic E-state index is 13.6. The van der Waals surface area contributed by atoms with E-state index < -0.39 is 28.1 Å². The number of fused-ring (bicyclic) bond motifs is 1. The molecule has 5 rings (SSSR count). The van der Waals surface area contributed by atoms with Crippen LogP contribution in [0, 0.1) is 0 Å². The molecule has 1 aliphatic heterocycles. The molecular formula is C31H33F2N5O4S. The number of morpholine rings is 1. The number of ether oxygens (including phenoxy) is 1. The van der Waals surface area contributed by atoms with E-state index >= 15 is 0 Å². The lowest BCUT2D eigenvalue weighted by atomic mass is 10.1. The van der Waals surface area contributed by atoms with Crippen LogP contribution in [-0.4, -0.2) is 66.8 Å². The Bertz CT molecular complexity index is 1770. The summed E-state index contributed by atoms with van der Waals surface area (Å²) in [5.74, 6) is -2.80. The van der Waals surface area contributed by atoms with E-state index in [4.69, 9.17) is 14.7 Å². The summed E-state index contributed by atoms with van der Waals surface area (Å²) in [6.45, 7) is 6.36. The van der Waals surface area contributed by atoms with Crippen LogP contribution in [-0.2, 0) is 27.5 Å². The largest absolute Gasteiger partial charge is 0.372 e. The van der Waals surface area contributed by atoms with Gasteiger partial charge in [0.05, 0.1) is 46.2 Å². The molecule has 1 fully saturated rings. The highest BCUT2D eigenvalue weighted by Crippen LogP contribution is 2.27. The van der Waals surface area contributed by atoms with Crippen molar-refractivity contribution in [1.82, 2.24) is 20.3 Å². The Hall–Kier alpha value is -4.03. The highest BCUT2D eigenvalue weighted by Gasteiger charge is 2.27. The maximum atomic E-state index is 13.6. The molecule has 0 aliphatic carbocycles. The number of carbonyl (C=O) groups excluding carboxylic acids is 1. The molecule has 1 aliphatic rings. The number of anilines is 1. The summed E-state index contributed by atoms with van der Waals surface area (Å²) >= 11 is 0. The molecule has 226 valence electrons. The average Bonchev–Trinajstić information content (AvgIpc) is 2.94. The van der Waals surface area contributed by atoms with Crippen LogP contribution in [0.2, 0.25) is 0 Å². The summed E-state index contributed by atoms with van der Waals surface area (Å²) in [6, 6.07) is 15.1. The second-order valence-electron chi connectivity index (χ2n) is 11.1. The standard InChI is InChI=1S/C31H33F2N5O4S/c1-19-17-38(18-20(2)42-19)29-7-5-6-25(37-29)26-11-10-23-15-34-24(13-27(23)36-26)16-35-30(39)21-8-9-22(14-31(3,32)33)28(12-21)43(4,40)41/h5-13,15,19-20H,14,16-18H2,1-4H3,(H,35,39)/t19-,20+. The Morgan fingerprint density at radius 2 is 1.77 bits per heavy atom. The van der Waals surface area contributed by atoms with Crippen molar-refractivity contribution < 1.29 is 26.7 Å². The van der Waals surface area contributed by atoms with E-state index in [2.05, 4.69) is 15.2 Å². The first-order valence-corrected chi connectivity index (χ1v) is 15.8. The van der Waals surface area contributed by atoms with Crippen molar-refractivity contribution in [2.75, 3.05) is 24.2 Å². The summed E-state index contributed by atoms with van der Waals surface area (Å²) in [5.41, 5.74) is 2.62. The summed E-state index contributed by atoms with van der Waals surface area (Å²) in [7, 11) is -3.84. The number of rotatable bonds is 8. The average molecular weight is 610 g/mol. The van der Waals surface area contributed by atoms with Crippen molar-refractivity contribution in [1.29, 1.82) is 0 Å². The summed E-state index contributed by atoms with van der Waals surface area (Å²) in [4.78, 5) is 28.9. The molecule has 1 saturated heterocycles. The lowest BCUT2D eigenvalue weighted by molar-refractivity contribution is -0.00546. The molecule has 12 heteroatoms. The third kappa shape index (κ3) is 7.49. The quantitative estimate of drug-likeness (QED) is 0.302. The van der Waals surface area contributed by atoms with E-state index in [1.54, 1.807) is 12.3 Å². The van der Waals surface area contributed by atoms with Crippen LogP contribution in [0.3, 0.4) is 0 Å². The zero-order valence-electron chi connectivity index (χ0n) is 24.3. The molecule has 9 nitrogen and oxygen atoms in total. The highest BCUT2D eigenvalue weighted by molar-refractivity contribution is 7.90. The van der Waals surface area contributed by atoms with Gasteiger partial charge >= 0.3 is 0 Å². The van der Waals surface area contributed by atoms with E-state index in [1.807, 2.05) is 44.2 Å². The van der Waals surface area contributed by atoms with E-state index in [0.29, 0.717) is 23.8 Å². The Balaban J connectivity index is 1.33. The topological polar surface area (TPSA) is 114 Å². The van der Waals surface area contributed by atoms with Gasteiger partial charge in [0.25, 0.3) is 5.91 Å². The molecule has 1 amide bonds. The fraction of sp³-hybridized carbons (Fsp3) is 0.355. The molecule has 43 heavy (non-hydrogen) atoms. The third-order valence-corrected chi connectivity index (χ3v) is 8.21. The Kier molecular flexibility index (Phi) is 8.44. The Morgan fingerprint density at radius 3 is 2.47 bits per heavy atom. The maximum Gasteiger partial charge on any atom is 0.251 e. The molecule has 1 aromatic carbocycles. The van der Waals surface area contributed by atoms with Crippen LogP contribution in [0.4, 0.5) is 14.6 Å². The second kappa shape index (κ2) is 11.9. The molecule has 0 spiro atoms. The van der Waals surface area contributed by atoms with E-state index in [1.165, 1.54) is 12.1 Å². The zero-order chi connectivity index (χ0) is 30.9. The lowest BCUT2D eigenvalue weighted by Gasteiger charge is -2.36. The monoisotopic (exact) mass is 609 g/mol. The van der Waals surface area contributed by atoms with Crippen molar-refractivity contribution in [2.45, 2.75) is 56.8 Å². The number of carbonyl (C=O) groups is 1. The van der Waals surface area contributed by atoms with E-state index in [-0.39, 0.29) is 34.8 Å². The molecule has 3 aromatic heterocycles. The first kappa shape index (κ1) is 30.4. The van der Waals surface area contributed by atoms with Gasteiger partial charge in [-0.05, 0) is 68.8 Å². The van der Waals surface area contributed by atoms with Crippen molar-refractivity contribution in [3.63, 3.8) is 0 Å². The predicted octanol–water partition coefficient (Wildman–Crippen LogP) is 4.84. The minimum absolute atomic E-state index is 0.0415. The van der Waals surface area contributed by atoms with Gasteiger partial charge in [0, 0.05) is 42.9 Å². The molecule has 2 atom stereocenters. The van der Waals surface area contributed by atoms with Crippen molar-refractivity contribution in [2.24, 2.45) is 0 Å². The first-order valence-electron chi connectivity index (χ1n) is 13.9. The highest BCUT2D eigenvalue weighted by atomic mass is 32.2. The lowest BCUT2D eigenvalue weighted by Crippen LogP contribution is -2.45. The van der Waals surface area contributed by atoms with Gasteiger partial charge in [0.2, 0.25) is 5.92 Å². The summed E-state index contributed by atoms with van der Waals surface area (Å²) in [6.07, 6.45) is 2.05. The third-order valence-electron chi connectivity index (χ3n) is 7.03. The number of amides is 1. The Morgan fingerprint density at radius 1 is 1.05 bits per heavy atom. The fourth-order valence-corrected chi connectivity index (χ4v) is 6.16. The van der Waals surface area contributed by atoms with E-state index in [0.717, 1.165) is 42.3 Å². The van der Waals surface area contributed by atoms with Crippen LogP contribution < -0.4 is 10.2 Å². The molecule has 0 bridgehead atoms. The number of sulfone groups is 1. The molecular weight excluding hydrogens is 576 g/mol. The van der Waals surface area contributed by atoms with Crippen molar-refractivity contribution in [3.8, 4) is 11.4 Å². The van der Waals surface area contributed by atoms with Crippen LogP contribution >= 0.6 is 0 Å². The van der Waals surface area contributed by atoms with Gasteiger partial charge < -0.3 is 15.0 Å². The van der Waals surface area contributed by atoms with Crippen LogP contribution in [0.1, 0.15) is 42.4 Å². The van der Waals surface area contributed by atoms with Crippen molar-refractivity contribution in [3.05, 3.63) is 77.6 Å². The number of halogens is 2. The van der Waals surface area contributed by atoms with Gasteiger partial charge in [0.15, 0.2) is 9.84 Å². The smallest absolute Gasteiger partial charge is 0.251 e. The van der Waals surface area contributed by atoms with E-state index in [9.17, 15) is 22.0 Å². The predicted molar refractivity (Wildman–Crippen MR) is 160 cm³/mol. The molecule has 4 heterocycles. The molecule has 0 unspecified atom stereocenters. The minimum Gasteiger partial charge on any atom is -0.372 e. The SMILES string of the molecule is C[C@@H]1CN(c2cccc(-c3ccc4cnc(CNC(=O)c5ccc(CC(C)(F)F)c(S(C)(=O)=O)c5)cc4n3)n2)C[C@H](C)O1. The van der Waals surface area contributed by atoms with Gasteiger partial charge in [-0.15, -0.1) is 0 Å². The zero-order valence-corrected chi connectivity index (χ0v) is 25.2. The van der Waals surface area contributed by atoms with Gasteiger partial charge in [-0.2, -0.15) is 0 Å². The van der Waals surface area contributed by atoms with Gasteiger partial charge in [0.1, 0.15) is 5.82 Å². The number of benzene rings is 1. The fourth-order valence-electron chi connectivity index (χ4n) is 5.20. The Labute approximate surface area is 249 Å². The number of hydrogen-bond acceptors (Lipinski definition) is 8. The molecule has 0 saturated carbocycles. The van der Waals surface area contributed by atoms with Gasteiger partial charge in [-0.25, -0.2) is 27.2 Å². The molecule has 0 radical (unpaired) electrons. The summed E-state index contributed by atoms with van der Waals surface area (Å²) < 4.78 is 57.6. The molecule has 1 N–H and O–H groups in total. The van der Waals surface area contributed by atoms with Gasteiger partial charge in [-0.3, -0.25) is 9.78 Å². The van der Waals surface area contributed by atoms with Gasteiger partial charge in [-0.1, -0.05) is 12.1 Å². The number of nitrogens with zero attached hydrogens (tertiary/aromatic N) is 4. The first-order chi connectivity index (χ1) is 20.2. The van der Waals surface area contributed by atoms with Crippen molar-refractivity contribution >= 4 is 32.5 Å². The number of pyridine rings is 3. The number of hydrogen-bond donors (Lipinski definition) is 1. The normalized spacial score (nSPS) is 17.7. The van der Waals surface area contributed by atoms with Crippen LogP contribution in [0.5, 0.6) is 0 Å². The second-order valence-corrected chi connectivity index (χ2v) is 13.1. The van der Waals surface area contributed by atoms with Crippen LogP contribution in [0.15, 0.2) is 65.7 Å². The number of nitrogens with one attached hydrogen (secondary N) is 1. The van der Waals surface area contributed by atoms with Crippen LogP contribution in [0.25, 0.3) is 22.3 Å².